The summed E-state index contributed by atoms with van der Waals surface area (Å²) in [6, 6.07) is 0. The van der Waals surface area contributed by atoms with Crippen LogP contribution in [0, 0.1) is 5.92 Å². The molecule has 0 aromatic carbocycles. The van der Waals surface area contributed by atoms with Crippen molar-refractivity contribution in [3.63, 3.8) is 0 Å². The Labute approximate surface area is 170 Å². The van der Waals surface area contributed by atoms with E-state index in [0.29, 0.717) is 5.92 Å². The molecule has 0 spiro atoms. The van der Waals surface area contributed by atoms with Crippen molar-refractivity contribution in [2.75, 3.05) is 0 Å². The molecule has 0 radical (unpaired) electrons. The number of rotatable bonds is 19. The lowest BCUT2D eigenvalue weighted by Crippen LogP contribution is -2.21. The predicted molar refractivity (Wildman–Crippen MR) is 121 cm³/mol. The van der Waals surface area contributed by atoms with E-state index in [2.05, 4.69) is 27.7 Å². The van der Waals surface area contributed by atoms with Crippen LogP contribution in [0.5, 0.6) is 0 Å². The van der Waals surface area contributed by atoms with Crippen molar-refractivity contribution in [1.29, 1.82) is 0 Å². The molecule has 0 aromatic rings. The molecule has 2 nitrogen and oxygen atoms in total. The summed E-state index contributed by atoms with van der Waals surface area (Å²) in [5.74, 6) is 0.102. The molecule has 1 amide bonds. The first-order valence-electron chi connectivity index (χ1n) is 12.0. The largest absolute Gasteiger partial charge is 0.366 e. The molecule has 0 rings (SSSR count). The quantitative estimate of drug-likeness (QED) is 0.179. The number of unbranched alkanes of at least 4 members (excludes halogenated alkanes) is 13. The first kappa shape index (κ1) is 26.2. The summed E-state index contributed by atoms with van der Waals surface area (Å²) in [4.78, 5) is 11.8. The van der Waals surface area contributed by atoms with E-state index in [4.69, 9.17) is 5.73 Å². The van der Waals surface area contributed by atoms with Gasteiger partial charge in [-0.15, -0.1) is 0 Å². The highest BCUT2D eigenvalue weighted by Crippen LogP contribution is 2.24. The maximum Gasteiger partial charge on any atom is 0.244 e. The Kier molecular flexibility index (Phi) is 18.0. The second-order valence-electron chi connectivity index (χ2n) is 8.59. The highest BCUT2D eigenvalue weighted by Gasteiger charge is 2.16. The minimum Gasteiger partial charge on any atom is -0.366 e. The SMILES string of the molecule is CCCCCCCCCCCCCCCCC(C)C(C(N)=O)=C(C)CCC. The van der Waals surface area contributed by atoms with Gasteiger partial charge in [0.15, 0.2) is 0 Å². The van der Waals surface area contributed by atoms with Crippen LogP contribution in [0.15, 0.2) is 11.1 Å². The molecule has 0 aliphatic carbocycles. The summed E-state index contributed by atoms with van der Waals surface area (Å²) in [7, 11) is 0. The molecule has 1 atom stereocenters. The summed E-state index contributed by atoms with van der Waals surface area (Å²) in [5.41, 5.74) is 7.71. The van der Waals surface area contributed by atoms with E-state index in [9.17, 15) is 4.79 Å². The smallest absolute Gasteiger partial charge is 0.244 e. The van der Waals surface area contributed by atoms with Gasteiger partial charge in [0.05, 0.1) is 0 Å². The average Bonchev–Trinajstić information content (AvgIpc) is 2.62. The van der Waals surface area contributed by atoms with Gasteiger partial charge >= 0.3 is 0 Å². The lowest BCUT2D eigenvalue weighted by Gasteiger charge is -2.16. The van der Waals surface area contributed by atoms with Crippen LogP contribution in [0.1, 0.15) is 137 Å². The van der Waals surface area contributed by atoms with Gasteiger partial charge in [-0.1, -0.05) is 123 Å². The number of carbonyl (C=O) groups is 1. The van der Waals surface area contributed by atoms with E-state index in [0.717, 1.165) is 24.8 Å². The fourth-order valence-corrected chi connectivity index (χ4v) is 4.17. The summed E-state index contributed by atoms with van der Waals surface area (Å²) in [6.45, 7) is 8.68. The lowest BCUT2D eigenvalue weighted by molar-refractivity contribution is -0.115. The van der Waals surface area contributed by atoms with Crippen LogP contribution < -0.4 is 5.73 Å². The molecule has 0 aliphatic heterocycles. The summed E-state index contributed by atoms with van der Waals surface area (Å²) < 4.78 is 0. The van der Waals surface area contributed by atoms with E-state index < -0.39 is 0 Å². The Morgan fingerprint density at radius 1 is 0.704 bits per heavy atom. The molecule has 160 valence electrons. The zero-order chi connectivity index (χ0) is 20.3. The highest BCUT2D eigenvalue weighted by molar-refractivity contribution is 5.93. The van der Waals surface area contributed by atoms with Crippen molar-refractivity contribution in [3.05, 3.63) is 11.1 Å². The van der Waals surface area contributed by atoms with Gasteiger partial charge in [0, 0.05) is 5.57 Å². The third-order valence-electron chi connectivity index (χ3n) is 5.83. The van der Waals surface area contributed by atoms with Crippen LogP contribution in [0.2, 0.25) is 0 Å². The number of nitrogens with two attached hydrogens (primary N) is 1. The highest BCUT2D eigenvalue weighted by atomic mass is 16.1. The number of hydrogen-bond donors (Lipinski definition) is 1. The maximum absolute atomic E-state index is 11.8. The third kappa shape index (κ3) is 14.9. The average molecular weight is 380 g/mol. The fraction of sp³-hybridized carbons (Fsp3) is 0.880. The van der Waals surface area contributed by atoms with Crippen LogP contribution in [-0.2, 0) is 4.79 Å². The van der Waals surface area contributed by atoms with Crippen molar-refractivity contribution in [2.45, 2.75) is 137 Å². The van der Waals surface area contributed by atoms with Crippen LogP contribution in [0.25, 0.3) is 0 Å². The van der Waals surface area contributed by atoms with Crippen molar-refractivity contribution in [3.8, 4) is 0 Å². The zero-order valence-corrected chi connectivity index (χ0v) is 19.1. The van der Waals surface area contributed by atoms with E-state index in [-0.39, 0.29) is 5.91 Å². The van der Waals surface area contributed by atoms with Gasteiger partial charge in [-0.25, -0.2) is 0 Å². The standard InChI is InChI=1S/C25H49NO/c1-5-7-8-9-10-11-12-13-14-15-16-17-18-19-21-23(4)24(25(26)27)22(3)20-6-2/h23H,5-21H2,1-4H3,(H2,26,27). The topological polar surface area (TPSA) is 43.1 Å². The zero-order valence-electron chi connectivity index (χ0n) is 19.1. The second-order valence-corrected chi connectivity index (χ2v) is 8.59. The molecule has 0 bridgehead atoms. The Balaban J connectivity index is 3.60. The number of allylic oxidation sites excluding steroid dienone is 1. The van der Waals surface area contributed by atoms with Gasteiger partial charge in [0.1, 0.15) is 0 Å². The summed E-state index contributed by atoms with van der Waals surface area (Å²) in [5, 5.41) is 0. The van der Waals surface area contributed by atoms with Gasteiger partial charge in [0.2, 0.25) is 5.91 Å². The molecule has 0 aromatic heterocycles. The van der Waals surface area contributed by atoms with E-state index in [1.807, 2.05) is 0 Å². The van der Waals surface area contributed by atoms with E-state index in [1.165, 1.54) is 95.5 Å². The van der Waals surface area contributed by atoms with E-state index in [1.54, 1.807) is 0 Å². The van der Waals surface area contributed by atoms with Gasteiger partial charge in [-0.2, -0.15) is 0 Å². The number of carbonyl (C=O) groups excluding carboxylic acids is 1. The molecule has 0 aliphatic rings. The first-order valence-corrected chi connectivity index (χ1v) is 12.0. The third-order valence-corrected chi connectivity index (χ3v) is 5.83. The monoisotopic (exact) mass is 379 g/mol. The number of amides is 1. The van der Waals surface area contributed by atoms with Gasteiger partial charge in [-0.3, -0.25) is 4.79 Å². The van der Waals surface area contributed by atoms with Crippen molar-refractivity contribution < 1.29 is 4.79 Å². The van der Waals surface area contributed by atoms with Gasteiger partial charge in [-0.05, 0) is 25.7 Å². The van der Waals surface area contributed by atoms with Crippen molar-refractivity contribution in [2.24, 2.45) is 11.7 Å². The molecule has 0 heterocycles. The molecule has 0 saturated heterocycles. The number of hydrogen-bond acceptors (Lipinski definition) is 1. The normalized spacial score (nSPS) is 13.5. The van der Waals surface area contributed by atoms with Crippen LogP contribution in [-0.4, -0.2) is 5.91 Å². The van der Waals surface area contributed by atoms with Crippen LogP contribution >= 0.6 is 0 Å². The minimum absolute atomic E-state index is 0.209. The van der Waals surface area contributed by atoms with Gasteiger partial charge < -0.3 is 5.73 Å². The number of primary amides is 1. The van der Waals surface area contributed by atoms with Crippen molar-refractivity contribution >= 4 is 5.91 Å². The molecular formula is C25H49NO. The molecule has 2 heteroatoms. The molecule has 0 fully saturated rings. The molecular weight excluding hydrogens is 330 g/mol. The lowest BCUT2D eigenvalue weighted by atomic mass is 9.89. The Bertz CT molecular complexity index is 386. The molecule has 1 unspecified atom stereocenters. The van der Waals surface area contributed by atoms with Crippen LogP contribution in [0.3, 0.4) is 0 Å². The second kappa shape index (κ2) is 18.6. The van der Waals surface area contributed by atoms with Crippen molar-refractivity contribution in [1.82, 2.24) is 0 Å². The summed E-state index contributed by atoms with van der Waals surface area (Å²) >= 11 is 0. The molecule has 0 saturated carbocycles. The predicted octanol–water partition coefficient (Wildman–Crippen LogP) is 8.10. The molecule has 27 heavy (non-hydrogen) atoms. The molecule has 2 N–H and O–H groups in total. The minimum atomic E-state index is -0.209. The van der Waals surface area contributed by atoms with E-state index >= 15 is 0 Å². The Morgan fingerprint density at radius 3 is 1.48 bits per heavy atom. The summed E-state index contributed by atoms with van der Waals surface area (Å²) in [6.07, 6.45) is 22.6. The fourth-order valence-electron chi connectivity index (χ4n) is 4.17. The van der Waals surface area contributed by atoms with Crippen LogP contribution in [0.4, 0.5) is 0 Å². The van der Waals surface area contributed by atoms with Gasteiger partial charge in [0.25, 0.3) is 0 Å². The maximum atomic E-state index is 11.8. The first-order chi connectivity index (χ1) is 13.0. The Morgan fingerprint density at radius 2 is 1.11 bits per heavy atom. The Hall–Kier alpha value is -0.790.